The summed E-state index contributed by atoms with van der Waals surface area (Å²) in [7, 11) is 0. The van der Waals surface area contributed by atoms with Crippen LogP contribution in [0.3, 0.4) is 0 Å². The highest BCUT2D eigenvalue weighted by Crippen LogP contribution is 2.27. The van der Waals surface area contributed by atoms with Gasteiger partial charge in [0.2, 0.25) is 0 Å². The Morgan fingerprint density at radius 3 is 2.46 bits per heavy atom. The van der Waals surface area contributed by atoms with Crippen LogP contribution < -0.4 is 5.73 Å². The molecule has 78 valence electrons. The Hall–Kier alpha value is -0.0800. The number of hydrogen-bond donors (Lipinski definition) is 1. The highest BCUT2D eigenvalue weighted by atomic mass is 15.2. The second-order valence-corrected chi connectivity index (χ2v) is 4.22. The summed E-state index contributed by atoms with van der Waals surface area (Å²) in [4.78, 5) is 2.62. The molecule has 0 aliphatic heterocycles. The molecule has 2 nitrogen and oxygen atoms in total. The Bertz CT molecular complexity index is 132. The second-order valence-electron chi connectivity index (χ2n) is 4.22. The molecule has 2 heteroatoms. The van der Waals surface area contributed by atoms with E-state index in [0.717, 1.165) is 12.5 Å². The first-order valence-electron chi connectivity index (χ1n) is 5.77. The van der Waals surface area contributed by atoms with Gasteiger partial charge in [-0.1, -0.05) is 13.8 Å². The zero-order valence-corrected chi connectivity index (χ0v) is 9.13. The zero-order valence-electron chi connectivity index (χ0n) is 9.13. The first kappa shape index (κ1) is 11.0. The van der Waals surface area contributed by atoms with Crippen LogP contribution in [0.5, 0.6) is 0 Å². The molecular formula is C11H24N2. The number of nitrogens with zero attached hydrogens (tertiary/aromatic N) is 1. The maximum absolute atomic E-state index is 5.91. The molecule has 1 saturated carbocycles. The van der Waals surface area contributed by atoms with E-state index in [1.54, 1.807) is 0 Å². The van der Waals surface area contributed by atoms with Gasteiger partial charge in [0.25, 0.3) is 0 Å². The largest absolute Gasteiger partial charge is 0.328 e. The van der Waals surface area contributed by atoms with Gasteiger partial charge in [-0.05, 0) is 45.2 Å². The van der Waals surface area contributed by atoms with Gasteiger partial charge in [-0.15, -0.1) is 0 Å². The van der Waals surface area contributed by atoms with Gasteiger partial charge in [0.1, 0.15) is 0 Å². The lowest BCUT2D eigenvalue weighted by molar-refractivity contribution is 0.252. The fraction of sp³-hybridized carbons (Fsp3) is 1.00. The Balaban J connectivity index is 2.14. The molecule has 0 saturated heterocycles. The lowest BCUT2D eigenvalue weighted by Crippen LogP contribution is -2.32. The van der Waals surface area contributed by atoms with Crippen molar-refractivity contribution in [1.82, 2.24) is 4.90 Å². The van der Waals surface area contributed by atoms with Crippen molar-refractivity contribution in [3.05, 3.63) is 0 Å². The topological polar surface area (TPSA) is 29.3 Å². The summed E-state index contributed by atoms with van der Waals surface area (Å²) in [6.45, 7) is 6.91. The van der Waals surface area contributed by atoms with Crippen molar-refractivity contribution >= 4 is 0 Å². The molecule has 1 atom stereocenters. The number of nitrogens with two attached hydrogens (primary N) is 1. The Kier molecular flexibility index (Phi) is 4.74. The average Bonchev–Trinajstić information content (AvgIpc) is 2.94. The van der Waals surface area contributed by atoms with E-state index in [1.807, 2.05) is 0 Å². The monoisotopic (exact) mass is 184 g/mol. The van der Waals surface area contributed by atoms with Gasteiger partial charge in [0.05, 0.1) is 0 Å². The minimum Gasteiger partial charge on any atom is -0.328 e. The van der Waals surface area contributed by atoms with Crippen LogP contribution in [0.15, 0.2) is 0 Å². The normalized spacial score (nSPS) is 19.4. The average molecular weight is 184 g/mol. The molecule has 0 spiro atoms. The predicted molar refractivity (Wildman–Crippen MR) is 57.8 cm³/mol. The van der Waals surface area contributed by atoms with Crippen molar-refractivity contribution < 1.29 is 0 Å². The molecule has 0 heterocycles. The lowest BCUT2D eigenvalue weighted by atomic mass is 10.1. The SMILES string of the molecule is CCCN(CCC(N)CC)C1CC1. The highest BCUT2D eigenvalue weighted by Gasteiger charge is 2.27. The molecule has 2 N–H and O–H groups in total. The molecule has 0 aromatic heterocycles. The van der Waals surface area contributed by atoms with E-state index < -0.39 is 0 Å². The summed E-state index contributed by atoms with van der Waals surface area (Å²) in [5.74, 6) is 0. The third-order valence-corrected chi connectivity index (χ3v) is 2.89. The smallest absolute Gasteiger partial charge is 0.00964 e. The van der Waals surface area contributed by atoms with Crippen LogP contribution in [-0.2, 0) is 0 Å². The molecule has 1 rings (SSSR count). The lowest BCUT2D eigenvalue weighted by Gasteiger charge is -2.22. The zero-order chi connectivity index (χ0) is 9.68. The van der Waals surface area contributed by atoms with Crippen molar-refractivity contribution in [2.75, 3.05) is 13.1 Å². The third kappa shape index (κ3) is 4.10. The fourth-order valence-electron chi connectivity index (χ4n) is 1.74. The number of hydrogen-bond acceptors (Lipinski definition) is 2. The summed E-state index contributed by atoms with van der Waals surface area (Å²) in [6.07, 6.45) is 6.40. The summed E-state index contributed by atoms with van der Waals surface area (Å²) in [5, 5.41) is 0. The Morgan fingerprint density at radius 1 is 1.31 bits per heavy atom. The highest BCUT2D eigenvalue weighted by molar-refractivity contribution is 4.84. The third-order valence-electron chi connectivity index (χ3n) is 2.89. The maximum atomic E-state index is 5.91. The Labute approximate surface area is 82.5 Å². The minimum atomic E-state index is 0.415. The maximum Gasteiger partial charge on any atom is 0.00964 e. The number of rotatable bonds is 7. The van der Waals surface area contributed by atoms with Gasteiger partial charge in [0.15, 0.2) is 0 Å². The predicted octanol–water partition coefficient (Wildman–Crippen LogP) is 1.99. The van der Waals surface area contributed by atoms with Crippen LogP contribution in [-0.4, -0.2) is 30.1 Å². The van der Waals surface area contributed by atoms with Crippen LogP contribution in [0.25, 0.3) is 0 Å². The van der Waals surface area contributed by atoms with Crippen LogP contribution in [0.1, 0.15) is 46.0 Å². The van der Waals surface area contributed by atoms with Gasteiger partial charge in [0, 0.05) is 12.1 Å². The van der Waals surface area contributed by atoms with E-state index >= 15 is 0 Å². The van der Waals surface area contributed by atoms with Crippen molar-refractivity contribution in [2.45, 2.75) is 58.0 Å². The van der Waals surface area contributed by atoms with Gasteiger partial charge >= 0.3 is 0 Å². The molecule has 1 aliphatic carbocycles. The minimum absolute atomic E-state index is 0.415. The molecule has 1 fully saturated rings. The van der Waals surface area contributed by atoms with Crippen LogP contribution in [0.4, 0.5) is 0 Å². The van der Waals surface area contributed by atoms with Gasteiger partial charge < -0.3 is 10.6 Å². The van der Waals surface area contributed by atoms with E-state index in [9.17, 15) is 0 Å². The van der Waals surface area contributed by atoms with Crippen molar-refractivity contribution in [1.29, 1.82) is 0 Å². The summed E-state index contributed by atoms with van der Waals surface area (Å²) < 4.78 is 0. The molecule has 1 aliphatic rings. The van der Waals surface area contributed by atoms with Gasteiger partial charge in [-0.2, -0.15) is 0 Å². The molecular weight excluding hydrogens is 160 g/mol. The quantitative estimate of drug-likeness (QED) is 0.655. The van der Waals surface area contributed by atoms with Crippen molar-refractivity contribution in [3.63, 3.8) is 0 Å². The van der Waals surface area contributed by atoms with E-state index in [-0.39, 0.29) is 0 Å². The van der Waals surface area contributed by atoms with Crippen LogP contribution >= 0.6 is 0 Å². The van der Waals surface area contributed by atoms with Gasteiger partial charge in [-0.25, -0.2) is 0 Å². The van der Waals surface area contributed by atoms with E-state index in [1.165, 1.54) is 38.8 Å². The summed E-state index contributed by atoms with van der Waals surface area (Å²) >= 11 is 0. The molecule has 1 unspecified atom stereocenters. The molecule has 13 heavy (non-hydrogen) atoms. The van der Waals surface area contributed by atoms with E-state index in [0.29, 0.717) is 6.04 Å². The fourth-order valence-corrected chi connectivity index (χ4v) is 1.74. The molecule has 0 amide bonds. The van der Waals surface area contributed by atoms with E-state index in [4.69, 9.17) is 5.73 Å². The molecule has 0 aromatic carbocycles. The van der Waals surface area contributed by atoms with Crippen LogP contribution in [0, 0.1) is 0 Å². The summed E-state index contributed by atoms with van der Waals surface area (Å²) in [5.41, 5.74) is 5.91. The second kappa shape index (κ2) is 5.61. The van der Waals surface area contributed by atoms with E-state index in [2.05, 4.69) is 18.7 Å². The molecule has 0 aromatic rings. The standard InChI is InChI=1S/C11H24N2/c1-3-8-13(11-5-6-11)9-7-10(12)4-2/h10-11H,3-9,12H2,1-2H3. The molecule has 0 bridgehead atoms. The van der Waals surface area contributed by atoms with Crippen molar-refractivity contribution in [2.24, 2.45) is 5.73 Å². The first-order valence-corrected chi connectivity index (χ1v) is 5.77. The van der Waals surface area contributed by atoms with Gasteiger partial charge in [-0.3, -0.25) is 0 Å². The van der Waals surface area contributed by atoms with Crippen LogP contribution in [0.2, 0.25) is 0 Å². The first-order chi connectivity index (χ1) is 6.27. The van der Waals surface area contributed by atoms with Crippen molar-refractivity contribution in [3.8, 4) is 0 Å². The summed E-state index contributed by atoms with van der Waals surface area (Å²) in [6, 6.07) is 1.32. The Morgan fingerprint density at radius 2 is 2.00 bits per heavy atom. The molecule has 0 radical (unpaired) electrons.